The summed E-state index contributed by atoms with van der Waals surface area (Å²) < 4.78 is 0. The number of rotatable bonds is 4. The number of quaternary nitrogens is 1. The van der Waals surface area contributed by atoms with Crippen LogP contribution in [0.15, 0.2) is 54.7 Å². The molecule has 0 spiro atoms. The number of benzene rings is 2. The average Bonchev–Trinajstić information content (AvgIpc) is 2.77. The predicted molar refractivity (Wildman–Crippen MR) is 115 cm³/mol. The van der Waals surface area contributed by atoms with Gasteiger partial charge < -0.3 is 9.80 Å². The number of likely N-dealkylation sites (N-methyl/N-ethyl adjacent to an activating group) is 1. The Morgan fingerprint density at radius 1 is 0.897 bits per heavy atom. The number of piperazine rings is 1. The van der Waals surface area contributed by atoms with Crippen LogP contribution in [0.5, 0.6) is 0 Å². The van der Waals surface area contributed by atoms with Crippen LogP contribution in [-0.2, 0) is 11.2 Å². The molecule has 0 unspecified atom stereocenters. The standard InChI is InChI=1S/C24H27N3O2/c1-3-18-9-5-8-12-22(18)27-23(28)20-11-7-6-10-19(20)21(24(27)29)17-26-15-13-25(4-2)14-16-26/h5-12,17H,3-4,13-16H2,1-2H3/p+1. The molecular weight excluding hydrogens is 362 g/mol. The summed E-state index contributed by atoms with van der Waals surface area (Å²) in [7, 11) is 0. The summed E-state index contributed by atoms with van der Waals surface area (Å²) in [6.07, 6.45) is 2.73. The average molecular weight is 391 g/mol. The molecule has 5 heteroatoms. The predicted octanol–water partition coefficient (Wildman–Crippen LogP) is 2.00. The van der Waals surface area contributed by atoms with Crippen molar-refractivity contribution in [2.24, 2.45) is 0 Å². The molecule has 2 aromatic rings. The van der Waals surface area contributed by atoms with E-state index in [1.807, 2.05) is 61.7 Å². The van der Waals surface area contributed by atoms with E-state index in [-0.39, 0.29) is 11.8 Å². The highest BCUT2D eigenvalue weighted by Crippen LogP contribution is 2.34. The summed E-state index contributed by atoms with van der Waals surface area (Å²) in [5.74, 6) is -0.483. The highest BCUT2D eigenvalue weighted by molar-refractivity contribution is 6.41. The molecular formula is C24H28N3O2+. The molecule has 29 heavy (non-hydrogen) atoms. The van der Waals surface area contributed by atoms with Crippen LogP contribution in [0.2, 0.25) is 0 Å². The van der Waals surface area contributed by atoms with E-state index in [9.17, 15) is 9.59 Å². The smallest absolute Gasteiger partial charge is 0.267 e. The first-order chi connectivity index (χ1) is 14.1. The van der Waals surface area contributed by atoms with Gasteiger partial charge in [-0.2, -0.15) is 0 Å². The number of hydrogen-bond donors (Lipinski definition) is 1. The lowest BCUT2D eigenvalue weighted by Crippen LogP contribution is -3.14. The van der Waals surface area contributed by atoms with Crippen LogP contribution in [0, 0.1) is 0 Å². The third-order valence-electron chi connectivity index (χ3n) is 6.01. The van der Waals surface area contributed by atoms with Crippen molar-refractivity contribution in [1.82, 2.24) is 4.90 Å². The SMILES string of the molecule is CCc1ccccc1N1C(=O)C(=CN2CC[NH+](CC)CC2)c2ccccc2C1=O. The Bertz CT molecular complexity index is 958. The first-order valence-corrected chi connectivity index (χ1v) is 10.5. The molecule has 2 aliphatic heterocycles. The van der Waals surface area contributed by atoms with Crippen molar-refractivity contribution in [3.05, 3.63) is 71.4 Å². The minimum atomic E-state index is -0.246. The Hall–Kier alpha value is -2.92. The van der Waals surface area contributed by atoms with Gasteiger partial charge in [-0.3, -0.25) is 9.59 Å². The Morgan fingerprint density at radius 2 is 1.55 bits per heavy atom. The molecule has 2 heterocycles. The quantitative estimate of drug-likeness (QED) is 0.642. The number of carbonyl (C=O) groups excluding carboxylic acids is 2. The Kier molecular flexibility index (Phi) is 5.49. The van der Waals surface area contributed by atoms with E-state index in [0.717, 1.165) is 50.3 Å². The largest absolute Gasteiger partial charge is 0.365 e. The fraction of sp³-hybridized carbons (Fsp3) is 0.333. The number of fused-ring (bicyclic) bond motifs is 1. The fourth-order valence-electron chi connectivity index (χ4n) is 4.23. The number of anilines is 1. The maximum absolute atomic E-state index is 13.6. The fourth-order valence-corrected chi connectivity index (χ4v) is 4.23. The lowest BCUT2D eigenvalue weighted by Gasteiger charge is -2.34. The minimum absolute atomic E-state index is 0.236. The lowest BCUT2D eigenvalue weighted by atomic mass is 9.92. The van der Waals surface area contributed by atoms with Crippen LogP contribution < -0.4 is 9.80 Å². The van der Waals surface area contributed by atoms with Gasteiger partial charge in [-0.25, -0.2) is 4.90 Å². The van der Waals surface area contributed by atoms with E-state index >= 15 is 0 Å². The number of hydrogen-bond acceptors (Lipinski definition) is 3. The summed E-state index contributed by atoms with van der Waals surface area (Å²) in [4.78, 5) is 32.0. The van der Waals surface area contributed by atoms with Gasteiger partial charge in [-0.05, 0) is 31.0 Å². The third-order valence-corrected chi connectivity index (χ3v) is 6.01. The molecule has 2 aromatic carbocycles. The first-order valence-electron chi connectivity index (χ1n) is 10.5. The Morgan fingerprint density at radius 3 is 2.24 bits per heavy atom. The summed E-state index contributed by atoms with van der Waals surface area (Å²) in [6.45, 7) is 9.34. The van der Waals surface area contributed by atoms with Gasteiger partial charge in [0, 0.05) is 17.3 Å². The number of nitrogens with one attached hydrogen (secondary N) is 1. The number of aryl methyl sites for hydroxylation is 1. The molecule has 0 radical (unpaired) electrons. The molecule has 4 rings (SSSR count). The molecule has 150 valence electrons. The van der Waals surface area contributed by atoms with Gasteiger partial charge in [0.2, 0.25) is 0 Å². The van der Waals surface area contributed by atoms with E-state index < -0.39 is 0 Å². The molecule has 2 aliphatic rings. The van der Waals surface area contributed by atoms with Gasteiger partial charge in [0.15, 0.2) is 0 Å². The lowest BCUT2D eigenvalue weighted by molar-refractivity contribution is -0.902. The van der Waals surface area contributed by atoms with E-state index in [1.165, 1.54) is 4.90 Å². The van der Waals surface area contributed by atoms with Crippen molar-refractivity contribution < 1.29 is 14.5 Å². The van der Waals surface area contributed by atoms with Crippen molar-refractivity contribution >= 4 is 23.1 Å². The number of amides is 2. The van der Waals surface area contributed by atoms with Crippen LogP contribution in [-0.4, -0.2) is 49.4 Å². The summed E-state index contributed by atoms with van der Waals surface area (Å²) in [5, 5.41) is 0. The van der Waals surface area contributed by atoms with E-state index in [0.29, 0.717) is 16.8 Å². The normalized spacial score (nSPS) is 19.0. The zero-order valence-electron chi connectivity index (χ0n) is 17.1. The monoisotopic (exact) mass is 390 g/mol. The van der Waals surface area contributed by atoms with E-state index in [4.69, 9.17) is 0 Å². The van der Waals surface area contributed by atoms with Crippen LogP contribution >= 0.6 is 0 Å². The molecule has 0 bridgehead atoms. The minimum Gasteiger partial charge on any atom is -0.365 e. The van der Waals surface area contributed by atoms with Crippen LogP contribution in [0.3, 0.4) is 0 Å². The number of para-hydroxylation sites is 1. The summed E-state index contributed by atoms with van der Waals surface area (Å²) in [6, 6.07) is 15.1. The van der Waals surface area contributed by atoms with Crippen LogP contribution in [0.4, 0.5) is 5.69 Å². The van der Waals surface area contributed by atoms with E-state index in [1.54, 1.807) is 4.90 Å². The van der Waals surface area contributed by atoms with Gasteiger partial charge >= 0.3 is 0 Å². The van der Waals surface area contributed by atoms with Gasteiger partial charge in [0.05, 0.1) is 44.0 Å². The number of nitrogens with zero attached hydrogens (tertiary/aromatic N) is 2. The molecule has 5 nitrogen and oxygen atoms in total. The zero-order chi connectivity index (χ0) is 20.4. The topological polar surface area (TPSA) is 45.1 Å². The molecule has 1 N–H and O–H groups in total. The van der Waals surface area contributed by atoms with Crippen LogP contribution in [0.1, 0.15) is 35.3 Å². The van der Waals surface area contributed by atoms with Gasteiger partial charge in [0.25, 0.3) is 11.8 Å². The second-order valence-electron chi connectivity index (χ2n) is 7.66. The Labute approximate surface area is 172 Å². The van der Waals surface area contributed by atoms with E-state index in [2.05, 4.69) is 11.8 Å². The highest BCUT2D eigenvalue weighted by Gasteiger charge is 2.37. The van der Waals surface area contributed by atoms with Crippen molar-refractivity contribution in [1.29, 1.82) is 0 Å². The molecule has 0 atom stereocenters. The maximum Gasteiger partial charge on any atom is 0.267 e. The summed E-state index contributed by atoms with van der Waals surface area (Å²) >= 11 is 0. The molecule has 0 saturated carbocycles. The highest BCUT2D eigenvalue weighted by atomic mass is 16.2. The molecule has 0 aromatic heterocycles. The van der Waals surface area contributed by atoms with Gasteiger partial charge in [0.1, 0.15) is 0 Å². The van der Waals surface area contributed by atoms with Gasteiger partial charge in [-0.1, -0.05) is 43.3 Å². The van der Waals surface area contributed by atoms with Crippen LogP contribution in [0.25, 0.3) is 5.57 Å². The number of imide groups is 1. The molecule has 2 amide bonds. The van der Waals surface area contributed by atoms with Crippen molar-refractivity contribution in [3.8, 4) is 0 Å². The third kappa shape index (κ3) is 3.58. The van der Waals surface area contributed by atoms with Crippen molar-refractivity contribution in [2.75, 3.05) is 37.6 Å². The Balaban J connectivity index is 1.77. The second-order valence-corrected chi connectivity index (χ2v) is 7.66. The molecule has 1 fully saturated rings. The number of carbonyl (C=O) groups is 2. The zero-order valence-corrected chi connectivity index (χ0v) is 17.1. The molecule has 0 aliphatic carbocycles. The van der Waals surface area contributed by atoms with Crippen molar-refractivity contribution in [3.63, 3.8) is 0 Å². The molecule has 1 saturated heterocycles. The first kappa shape index (κ1) is 19.4. The van der Waals surface area contributed by atoms with Crippen molar-refractivity contribution in [2.45, 2.75) is 20.3 Å². The summed E-state index contributed by atoms with van der Waals surface area (Å²) in [5.41, 5.74) is 3.60. The maximum atomic E-state index is 13.6. The second kappa shape index (κ2) is 8.21. The van der Waals surface area contributed by atoms with Gasteiger partial charge in [-0.15, -0.1) is 0 Å².